The summed E-state index contributed by atoms with van der Waals surface area (Å²) in [6.45, 7) is -0.495. The molecule has 1 aromatic carbocycles. The summed E-state index contributed by atoms with van der Waals surface area (Å²) in [5, 5.41) is 16.7. The molecule has 37 heavy (non-hydrogen) atoms. The molecular weight excluding hydrogens is 509 g/mol. The van der Waals surface area contributed by atoms with Crippen molar-refractivity contribution < 1.29 is 27.8 Å². The molecule has 0 unspecified atom stereocenters. The third kappa shape index (κ3) is 6.10. The average Bonchev–Trinajstić information content (AvgIpc) is 3.39. The van der Waals surface area contributed by atoms with Crippen molar-refractivity contribution in [1.29, 1.82) is 0 Å². The number of ether oxygens (including phenoxy) is 2. The van der Waals surface area contributed by atoms with Crippen LogP contribution in [0.4, 0.5) is 24.7 Å². The molecule has 2 heterocycles. The number of hydrogen-bond donors (Lipinski definition) is 3. The summed E-state index contributed by atoms with van der Waals surface area (Å²) in [6.07, 6.45) is 1.78. The number of thiol groups is 1. The van der Waals surface area contributed by atoms with Crippen LogP contribution in [0, 0.1) is 0 Å². The van der Waals surface area contributed by atoms with E-state index in [2.05, 4.69) is 32.2 Å². The molecular formula is C24H35F3N6O3S. The molecule has 3 aromatic rings. The Balaban J connectivity index is 1.53. The molecule has 1 aliphatic rings. The normalized spacial score (nSPS) is 19.6. The molecule has 0 radical (unpaired) electrons. The first-order chi connectivity index (χ1) is 17.5. The number of nitrogens with zero attached hydrogens (tertiary/aromatic N) is 5. The van der Waals surface area contributed by atoms with Gasteiger partial charge in [0.05, 0.1) is 30.7 Å². The van der Waals surface area contributed by atoms with Crippen molar-refractivity contribution in [3.8, 4) is 11.6 Å². The van der Waals surface area contributed by atoms with Crippen molar-refractivity contribution in [2.75, 3.05) is 30.5 Å². The van der Waals surface area contributed by atoms with Crippen molar-refractivity contribution in [3.63, 3.8) is 0 Å². The van der Waals surface area contributed by atoms with Crippen molar-refractivity contribution in [1.82, 2.24) is 24.6 Å². The first kappa shape index (κ1) is 27.4. The monoisotopic (exact) mass is 544 g/mol. The van der Waals surface area contributed by atoms with E-state index in [1.807, 2.05) is 36.9 Å². The highest BCUT2D eigenvalue weighted by atomic mass is 32.2. The first-order valence-corrected chi connectivity index (χ1v) is 14.3. The smallest absolute Gasteiger partial charge is 0.415 e. The molecule has 2 N–H and O–H groups in total. The van der Waals surface area contributed by atoms with Gasteiger partial charge in [-0.25, -0.2) is 9.67 Å². The lowest BCUT2D eigenvalue weighted by molar-refractivity contribution is -0.202. The van der Waals surface area contributed by atoms with Crippen LogP contribution in [0.1, 0.15) is 25.7 Å². The van der Waals surface area contributed by atoms with Gasteiger partial charge in [-0.1, -0.05) is 0 Å². The molecule has 206 valence electrons. The van der Waals surface area contributed by atoms with Gasteiger partial charge in [-0.05, 0) is 38.2 Å². The number of hydrogen-bond acceptors (Lipinski definition) is 7. The summed E-state index contributed by atoms with van der Waals surface area (Å²) in [5.74, 6) is 2.11. The van der Waals surface area contributed by atoms with Crippen molar-refractivity contribution in [3.05, 3.63) is 24.5 Å². The molecule has 0 bridgehead atoms. The zero-order chi connectivity index (χ0) is 26.9. The van der Waals surface area contributed by atoms with E-state index in [-0.39, 0.29) is 12.1 Å². The maximum absolute atomic E-state index is 12.6. The number of imidazole rings is 1. The highest BCUT2D eigenvalue weighted by Crippen LogP contribution is 2.43. The van der Waals surface area contributed by atoms with E-state index >= 15 is 0 Å². The van der Waals surface area contributed by atoms with Gasteiger partial charge in [-0.2, -0.15) is 29.4 Å². The Labute approximate surface area is 217 Å². The minimum absolute atomic E-state index is 0.0581. The lowest BCUT2D eigenvalue weighted by Gasteiger charge is -2.32. The van der Waals surface area contributed by atoms with E-state index in [4.69, 9.17) is 9.47 Å². The topological polar surface area (TPSA) is 89.6 Å². The van der Waals surface area contributed by atoms with E-state index in [1.165, 1.54) is 0 Å². The molecule has 0 spiro atoms. The van der Waals surface area contributed by atoms with Gasteiger partial charge in [0.2, 0.25) is 5.88 Å². The van der Waals surface area contributed by atoms with E-state index < -0.39 is 29.9 Å². The third-order valence-electron chi connectivity index (χ3n) is 6.62. The number of aryl methyl sites for hydroxylation is 2. The predicted molar refractivity (Wildman–Crippen MR) is 140 cm³/mol. The zero-order valence-electron chi connectivity index (χ0n) is 21.7. The fraction of sp³-hybridized carbons (Fsp3) is 0.583. The van der Waals surface area contributed by atoms with Crippen molar-refractivity contribution >= 4 is 33.6 Å². The molecule has 2 aromatic heterocycles. The number of aliphatic hydroxyl groups excluding tert-OH is 1. The lowest BCUT2D eigenvalue weighted by Crippen LogP contribution is -2.44. The van der Waals surface area contributed by atoms with Crippen LogP contribution >= 0.6 is 11.1 Å². The lowest BCUT2D eigenvalue weighted by atomic mass is 9.93. The summed E-state index contributed by atoms with van der Waals surface area (Å²) in [6, 6.07) is 5.78. The largest absolute Gasteiger partial charge is 0.490 e. The number of halogens is 3. The fourth-order valence-corrected chi connectivity index (χ4v) is 5.75. The Morgan fingerprint density at radius 2 is 1.89 bits per heavy atom. The molecule has 0 aliphatic heterocycles. The molecule has 1 saturated carbocycles. The van der Waals surface area contributed by atoms with E-state index in [0.717, 1.165) is 22.5 Å². The standard InChI is InChI=1S/C24H35F3N6O3S/c1-31-14-29-23-18(31)10-17(11-19(23)33(37(4)5)21-12-22(35-3)32(2)30-21)36-16-8-6-15(7-9-16)28-13-20(34)24(25,26)27/h10-12,14-16,20,28,34,37H,6-9,13H2,1-5H3/t15-,16+,20-/m1/s1. The molecule has 0 saturated heterocycles. The number of nitrogens with one attached hydrogen (secondary N) is 1. The van der Waals surface area contributed by atoms with Gasteiger partial charge >= 0.3 is 6.18 Å². The second kappa shape index (κ2) is 11.0. The van der Waals surface area contributed by atoms with Crippen LogP contribution in [-0.2, 0) is 14.1 Å². The number of benzene rings is 1. The second-order valence-corrected chi connectivity index (χ2v) is 11.6. The van der Waals surface area contributed by atoms with Gasteiger partial charge in [-0.15, -0.1) is 0 Å². The second-order valence-electron chi connectivity index (χ2n) is 9.55. The molecule has 4 rings (SSSR count). The maximum atomic E-state index is 12.6. The summed E-state index contributed by atoms with van der Waals surface area (Å²) in [4.78, 5) is 4.65. The Morgan fingerprint density at radius 1 is 1.19 bits per heavy atom. The minimum Gasteiger partial charge on any atom is -0.490 e. The van der Waals surface area contributed by atoms with Crippen LogP contribution in [0.2, 0.25) is 0 Å². The number of aromatic nitrogens is 4. The molecule has 1 atom stereocenters. The average molecular weight is 545 g/mol. The molecule has 13 heteroatoms. The number of anilines is 2. The fourth-order valence-electron chi connectivity index (χ4n) is 4.66. The number of alkyl halides is 3. The van der Waals surface area contributed by atoms with Crippen LogP contribution < -0.4 is 19.1 Å². The van der Waals surface area contributed by atoms with E-state index in [9.17, 15) is 18.3 Å². The number of methoxy groups -OCH3 is 1. The molecule has 1 aliphatic carbocycles. The van der Waals surface area contributed by atoms with Crippen molar-refractivity contribution in [2.24, 2.45) is 14.1 Å². The Morgan fingerprint density at radius 3 is 2.49 bits per heavy atom. The van der Waals surface area contributed by atoms with Gasteiger partial charge in [0, 0.05) is 44.9 Å². The summed E-state index contributed by atoms with van der Waals surface area (Å²) in [7, 11) is 5.38. The Kier molecular flexibility index (Phi) is 8.14. The summed E-state index contributed by atoms with van der Waals surface area (Å²) >= 11 is -0.652. The van der Waals surface area contributed by atoms with Crippen LogP contribution in [0.25, 0.3) is 11.0 Å². The SMILES string of the molecule is COc1cc(N(c2cc(O[C@H]3CC[C@@H](NC[C@@H](O)C(F)(F)F)CC3)cc3c2ncn3C)[SH](C)C)nn1C. The maximum Gasteiger partial charge on any atom is 0.415 e. The summed E-state index contributed by atoms with van der Waals surface area (Å²) < 4.78 is 55.4. The van der Waals surface area contributed by atoms with Crippen LogP contribution in [-0.4, -0.2) is 75.0 Å². The van der Waals surface area contributed by atoms with Crippen LogP contribution in [0.5, 0.6) is 11.6 Å². The van der Waals surface area contributed by atoms with Gasteiger partial charge < -0.3 is 24.5 Å². The summed E-state index contributed by atoms with van der Waals surface area (Å²) in [5.41, 5.74) is 2.65. The van der Waals surface area contributed by atoms with Gasteiger partial charge in [0.1, 0.15) is 11.3 Å². The van der Waals surface area contributed by atoms with Gasteiger partial charge in [0.25, 0.3) is 0 Å². The highest BCUT2D eigenvalue weighted by Gasteiger charge is 2.38. The van der Waals surface area contributed by atoms with Crippen molar-refractivity contribution in [2.45, 2.75) is 50.1 Å². The van der Waals surface area contributed by atoms with Crippen LogP contribution in [0.3, 0.4) is 0 Å². The zero-order valence-corrected chi connectivity index (χ0v) is 22.6. The molecule has 9 nitrogen and oxygen atoms in total. The Hall–Kier alpha value is -2.64. The third-order valence-corrected chi connectivity index (χ3v) is 7.84. The number of fused-ring (bicyclic) bond motifs is 1. The predicted octanol–water partition coefficient (Wildman–Crippen LogP) is 3.83. The number of rotatable bonds is 9. The molecule has 0 amide bonds. The Bertz CT molecular complexity index is 1210. The first-order valence-electron chi connectivity index (χ1n) is 12.1. The quantitative estimate of drug-likeness (QED) is 0.353. The highest BCUT2D eigenvalue weighted by molar-refractivity contribution is 8.17. The number of aliphatic hydroxyl groups is 1. The van der Waals surface area contributed by atoms with Gasteiger partial charge in [-0.3, -0.25) is 4.31 Å². The molecule has 1 fully saturated rings. The van der Waals surface area contributed by atoms with Crippen LogP contribution in [0.15, 0.2) is 24.5 Å². The van der Waals surface area contributed by atoms with E-state index in [1.54, 1.807) is 18.1 Å². The van der Waals surface area contributed by atoms with E-state index in [0.29, 0.717) is 37.3 Å². The minimum atomic E-state index is -4.61. The van der Waals surface area contributed by atoms with Gasteiger partial charge in [0.15, 0.2) is 11.9 Å².